The first-order valence-electron chi connectivity index (χ1n) is 11.3. The highest BCUT2D eigenvalue weighted by molar-refractivity contribution is 6.01. The lowest BCUT2D eigenvalue weighted by Crippen LogP contribution is -2.38. The van der Waals surface area contributed by atoms with Gasteiger partial charge >= 0.3 is 0 Å². The molecule has 31 heavy (non-hydrogen) atoms. The number of hydrogen-bond acceptors (Lipinski definition) is 4. The number of piperidine rings is 1. The Morgan fingerprint density at radius 2 is 1.90 bits per heavy atom. The molecule has 0 saturated carbocycles. The van der Waals surface area contributed by atoms with Gasteiger partial charge in [-0.1, -0.05) is 18.2 Å². The molecule has 1 fully saturated rings. The summed E-state index contributed by atoms with van der Waals surface area (Å²) in [6.07, 6.45) is 2.01. The molecule has 5 heteroatoms. The summed E-state index contributed by atoms with van der Waals surface area (Å²) in [5, 5.41) is 6.90. The highest BCUT2D eigenvalue weighted by Gasteiger charge is 2.28. The minimum atomic E-state index is 0.0465. The molecule has 2 heterocycles. The average Bonchev–Trinajstić information content (AvgIpc) is 3.06. The fourth-order valence-electron chi connectivity index (χ4n) is 4.81. The Kier molecular flexibility index (Phi) is 6.15. The Morgan fingerprint density at radius 3 is 2.61 bits per heavy atom. The van der Waals surface area contributed by atoms with Gasteiger partial charge in [-0.2, -0.15) is 5.10 Å². The zero-order chi connectivity index (χ0) is 22.1. The van der Waals surface area contributed by atoms with E-state index >= 15 is 0 Å². The largest absolute Gasteiger partial charge is 0.497 e. The predicted molar refractivity (Wildman–Crippen MR) is 125 cm³/mol. The molecular formula is C26H33N3O2. The molecule has 164 valence electrons. The number of Topliss-reactive ketones (excluding diaryl/α,β-unsaturated/α-hetero) is 1. The molecule has 3 aromatic rings. The molecule has 0 N–H and O–H groups in total. The van der Waals surface area contributed by atoms with Crippen molar-refractivity contribution in [2.45, 2.75) is 53.1 Å². The number of likely N-dealkylation sites (tertiary alicyclic amines) is 1. The molecule has 1 aromatic heterocycles. The van der Waals surface area contributed by atoms with Gasteiger partial charge in [0, 0.05) is 41.9 Å². The molecule has 0 spiro atoms. The molecule has 1 aliphatic rings. The predicted octanol–water partition coefficient (Wildman–Crippen LogP) is 5.34. The molecule has 1 saturated heterocycles. The van der Waals surface area contributed by atoms with E-state index < -0.39 is 0 Å². The van der Waals surface area contributed by atoms with E-state index in [0.29, 0.717) is 6.04 Å². The Labute approximate surface area is 185 Å². The van der Waals surface area contributed by atoms with E-state index in [2.05, 4.69) is 37.3 Å². The van der Waals surface area contributed by atoms with Crippen molar-refractivity contribution in [2.75, 3.05) is 20.2 Å². The molecule has 0 unspecified atom stereocenters. The average molecular weight is 420 g/mol. The number of fused-ring (bicyclic) bond motifs is 1. The van der Waals surface area contributed by atoms with Crippen LogP contribution in [-0.2, 0) is 6.54 Å². The number of ether oxygens (including phenoxy) is 1. The summed E-state index contributed by atoms with van der Waals surface area (Å²) >= 11 is 0. The van der Waals surface area contributed by atoms with Crippen molar-refractivity contribution >= 4 is 16.6 Å². The summed E-state index contributed by atoms with van der Waals surface area (Å²) in [7, 11) is 1.67. The van der Waals surface area contributed by atoms with Gasteiger partial charge in [0.1, 0.15) is 5.75 Å². The molecule has 0 radical (unpaired) electrons. The van der Waals surface area contributed by atoms with E-state index in [1.165, 1.54) is 11.3 Å². The maximum atomic E-state index is 13.3. The third-order valence-corrected chi connectivity index (χ3v) is 6.55. The first-order chi connectivity index (χ1) is 14.9. The number of hydrogen-bond donors (Lipinski definition) is 0. The Hall–Kier alpha value is -2.66. The number of methoxy groups -OCH3 is 1. The minimum Gasteiger partial charge on any atom is -0.497 e. The third-order valence-electron chi connectivity index (χ3n) is 6.55. The van der Waals surface area contributed by atoms with Crippen molar-refractivity contribution in [1.82, 2.24) is 14.7 Å². The highest BCUT2D eigenvalue weighted by Crippen LogP contribution is 2.27. The second kappa shape index (κ2) is 8.83. The zero-order valence-electron chi connectivity index (χ0n) is 19.3. The van der Waals surface area contributed by atoms with Crippen molar-refractivity contribution in [3.8, 4) is 5.75 Å². The SMILES string of the molecule is COc1ccc2cc(C(=O)[C@H]3CCCN(Cc4c(C)nn(C(C)C)c4C)C3)ccc2c1. The number of carbonyl (C=O) groups is 1. The maximum absolute atomic E-state index is 13.3. The second-order valence-electron chi connectivity index (χ2n) is 9.05. The van der Waals surface area contributed by atoms with Crippen LogP contribution >= 0.6 is 0 Å². The lowest BCUT2D eigenvalue weighted by molar-refractivity contribution is 0.0811. The van der Waals surface area contributed by atoms with Gasteiger partial charge in [0.05, 0.1) is 12.8 Å². The van der Waals surface area contributed by atoms with Crippen LogP contribution in [0.5, 0.6) is 5.75 Å². The quantitative estimate of drug-likeness (QED) is 0.506. The first-order valence-corrected chi connectivity index (χ1v) is 11.3. The lowest BCUT2D eigenvalue weighted by Gasteiger charge is -2.32. The smallest absolute Gasteiger partial charge is 0.167 e. The minimum absolute atomic E-state index is 0.0465. The summed E-state index contributed by atoms with van der Waals surface area (Å²) in [6.45, 7) is 11.3. The number of aryl methyl sites for hydroxylation is 1. The fourth-order valence-corrected chi connectivity index (χ4v) is 4.81. The van der Waals surface area contributed by atoms with Gasteiger partial charge in [0.25, 0.3) is 0 Å². The van der Waals surface area contributed by atoms with Gasteiger partial charge in [-0.05, 0) is 76.1 Å². The topological polar surface area (TPSA) is 47.4 Å². The number of aromatic nitrogens is 2. The van der Waals surface area contributed by atoms with Crippen molar-refractivity contribution in [2.24, 2.45) is 5.92 Å². The summed E-state index contributed by atoms with van der Waals surface area (Å²) in [6, 6.07) is 12.3. The standard InChI is InChI=1S/C26H33N3O2/c1-17(2)29-19(4)25(18(3)27-29)16-28-12-6-7-23(15-28)26(30)22-9-8-21-14-24(31-5)11-10-20(21)13-22/h8-11,13-14,17,23H,6-7,12,15-16H2,1-5H3/t23-/m0/s1. The van der Waals surface area contributed by atoms with E-state index in [4.69, 9.17) is 9.84 Å². The molecule has 1 atom stereocenters. The van der Waals surface area contributed by atoms with E-state index in [1.807, 2.05) is 36.4 Å². The molecule has 1 aliphatic heterocycles. The van der Waals surface area contributed by atoms with Crippen LogP contribution in [0.15, 0.2) is 36.4 Å². The molecular weight excluding hydrogens is 386 g/mol. The van der Waals surface area contributed by atoms with Gasteiger partial charge < -0.3 is 4.74 Å². The van der Waals surface area contributed by atoms with Crippen LogP contribution in [0, 0.1) is 19.8 Å². The Morgan fingerprint density at radius 1 is 1.16 bits per heavy atom. The Balaban J connectivity index is 1.49. The second-order valence-corrected chi connectivity index (χ2v) is 9.05. The van der Waals surface area contributed by atoms with Crippen LogP contribution in [0.25, 0.3) is 10.8 Å². The van der Waals surface area contributed by atoms with Gasteiger partial charge in [-0.3, -0.25) is 14.4 Å². The van der Waals surface area contributed by atoms with Gasteiger partial charge in [0.2, 0.25) is 0 Å². The third kappa shape index (κ3) is 4.38. The van der Waals surface area contributed by atoms with Gasteiger partial charge in [-0.25, -0.2) is 0 Å². The van der Waals surface area contributed by atoms with Crippen molar-refractivity contribution in [1.29, 1.82) is 0 Å². The highest BCUT2D eigenvalue weighted by atomic mass is 16.5. The monoisotopic (exact) mass is 419 g/mol. The summed E-state index contributed by atoms with van der Waals surface area (Å²) in [5.41, 5.74) is 4.46. The normalized spacial score (nSPS) is 17.4. The van der Waals surface area contributed by atoms with Crippen LogP contribution in [0.3, 0.4) is 0 Å². The number of nitrogens with zero attached hydrogens (tertiary/aromatic N) is 3. The van der Waals surface area contributed by atoms with Crippen LogP contribution in [0.4, 0.5) is 0 Å². The zero-order valence-corrected chi connectivity index (χ0v) is 19.3. The van der Waals surface area contributed by atoms with Crippen LogP contribution in [0.2, 0.25) is 0 Å². The summed E-state index contributed by atoms with van der Waals surface area (Å²) < 4.78 is 7.42. The van der Waals surface area contributed by atoms with Crippen LogP contribution in [0.1, 0.15) is 60.0 Å². The van der Waals surface area contributed by atoms with Crippen molar-refractivity contribution in [3.63, 3.8) is 0 Å². The number of carbonyl (C=O) groups excluding carboxylic acids is 1. The maximum Gasteiger partial charge on any atom is 0.167 e. The van der Waals surface area contributed by atoms with E-state index in [-0.39, 0.29) is 11.7 Å². The molecule has 0 bridgehead atoms. The van der Waals surface area contributed by atoms with Crippen LogP contribution in [-0.4, -0.2) is 40.7 Å². The first kappa shape index (κ1) is 21.6. The number of rotatable bonds is 6. The molecule has 0 amide bonds. The van der Waals surface area contributed by atoms with Gasteiger partial charge in [0.15, 0.2) is 5.78 Å². The summed E-state index contributed by atoms with van der Waals surface area (Å²) in [5.74, 6) is 1.14. The van der Waals surface area contributed by atoms with E-state index in [0.717, 1.165) is 60.3 Å². The molecule has 2 aromatic carbocycles. The van der Waals surface area contributed by atoms with E-state index in [9.17, 15) is 4.79 Å². The lowest BCUT2D eigenvalue weighted by atomic mass is 9.89. The number of benzene rings is 2. The fraction of sp³-hybridized carbons (Fsp3) is 0.462. The molecule has 4 rings (SSSR count). The van der Waals surface area contributed by atoms with Crippen molar-refractivity contribution in [3.05, 3.63) is 58.9 Å². The van der Waals surface area contributed by atoms with Gasteiger partial charge in [-0.15, -0.1) is 0 Å². The van der Waals surface area contributed by atoms with E-state index in [1.54, 1.807) is 7.11 Å². The molecule has 5 nitrogen and oxygen atoms in total. The summed E-state index contributed by atoms with van der Waals surface area (Å²) in [4.78, 5) is 15.8. The van der Waals surface area contributed by atoms with Crippen LogP contribution < -0.4 is 4.74 Å². The number of ketones is 1. The van der Waals surface area contributed by atoms with Crippen molar-refractivity contribution < 1.29 is 9.53 Å². The Bertz CT molecular complexity index is 1100. The molecule has 0 aliphatic carbocycles.